The van der Waals surface area contributed by atoms with E-state index < -0.39 is 10.8 Å². The summed E-state index contributed by atoms with van der Waals surface area (Å²) < 4.78 is 17.5. The quantitative estimate of drug-likeness (QED) is 0.160. The summed E-state index contributed by atoms with van der Waals surface area (Å²) in [6.07, 6.45) is 0. The van der Waals surface area contributed by atoms with Gasteiger partial charge in [-0.25, -0.2) is 0 Å². The molecule has 1 amide bonds. The number of rotatable bonds is 9. The van der Waals surface area contributed by atoms with Gasteiger partial charge in [-0.3, -0.25) is 14.9 Å². The molecule has 0 saturated carbocycles. The fraction of sp³-hybridized carbons (Fsp3) is 0.207. The highest BCUT2D eigenvalue weighted by Gasteiger charge is 2.18. The average molecular weight is 569 g/mol. The van der Waals surface area contributed by atoms with Crippen molar-refractivity contribution >= 4 is 40.5 Å². The number of aryl methyl sites for hydroxylation is 2. The van der Waals surface area contributed by atoms with Gasteiger partial charge in [-0.15, -0.1) is 0 Å². The second kappa shape index (κ2) is 11.8. The van der Waals surface area contributed by atoms with Crippen molar-refractivity contribution in [3.63, 3.8) is 0 Å². The van der Waals surface area contributed by atoms with Crippen molar-refractivity contribution in [2.45, 2.75) is 40.2 Å². The number of nitro groups is 1. The van der Waals surface area contributed by atoms with Crippen LogP contribution in [0.5, 0.6) is 17.2 Å². The van der Waals surface area contributed by atoms with Gasteiger partial charge in [-0.2, -0.15) is 0 Å². The Bertz CT molecular complexity index is 1550. The molecule has 0 unspecified atom stereocenters. The summed E-state index contributed by atoms with van der Waals surface area (Å²) in [4.78, 5) is 23.8. The first-order chi connectivity index (χ1) is 18.5. The molecule has 3 aromatic carbocycles. The molecular weight excluding hydrogens is 543 g/mol. The maximum absolute atomic E-state index is 12.9. The second-order valence-electron chi connectivity index (χ2n) is 9.29. The number of nitrogens with one attached hydrogen (secondary N) is 1. The van der Waals surface area contributed by atoms with E-state index in [2.05, 4.69) is 5.32 Å². The molecule has 0 aliphatic carbocycles. The summed E-state index contributed by atoms with van der Waals surface area (Å²) in [6.45, 7) is 7.89. The summed E-state index contributed by atoms with van der Waals surface area (Å²) in [6, 6.07) is 15.9. The van der Waals surface area contributed by atoms with Gasteiger partial charge >= 0.3 is 0 Å². The number of hydrogen-bond acceptors (Lipinski definition) is 6. The minimum Gasteiger partial charge on any atom is -0.485 e. The molecule has 0 radical (unpaired) electrons. The van der Waals surface area contributed by atoms with E-state index >= 15 is 0 Å². The predicted molar refractivity (Wildman–Crippen MR) is 151 cm³/mol. The first-order valence-corrected chi connectivity index (χ1v) is 12.8. The fourth-order valence-electron chi connectivity index (χ4n) is 3.84. The zero-order chi connectivity index (χ0) is 28.3. The Labute approximate surface area is 235 Å². The van der Waals surface area contributed by atoms with Gasteiger partial charge in [-0.05, 0) is 78.9 Å². The number of carbonyl (C=O) groups excluding carboxylic acids is 1. The normalized spacial score (nSPS) is 10.9. The van der Waals surface area contributed by atoms with Crippen LogP contribution < -0.4 is 14.8 Å². The van der Waals surface area contributed by atoms with Crippen molar-refractivity contribution in [3.8, 4) is 17.2 Å². The number of nitrogens with zero attached hydrogens (tertiary/aromatic N) is 1. The monoisotopic (exact) mass is 568 g/mol. The third-order valence-electron chi connectivity index (χ3n) is 5.89. The van der Waals surface area contributed by atoms with Gasteiger partial charge < -0.3 is 19.2 Å². The molecule has 1 heterocycles. The number of non-ortho nitro benzene ring substituents is 1. The highest BCUT2D eigenvalue weighted by atomic mass is 35.5. The van der Waals surface area contributed by atoms with E-state index in [1.807, 2.05) is 32.9 Å². The van der Waals surface area contributed by atoms with Crippen LogP contribution in [0.25, 0.3) is 0 Å². The lowest BCUT2D eigenvalue weighted by molar-refractivity contribution is -0.384. The van der Waals surface area contributed by atoms with Gasteiger partial charge in [0.15, 0.2) is 5.76 Å². The van der Waals surface area contributed by atoms with Crippen LogP contribution in [-0.4, -0.2) is 10.8 Å². The van der Waals surface area contributed by atoms with Crippen molar-refractivity contribution < 1.29 is 23.6 Å². The summed E-state index contributed by atoms with van der Waals surface area (Å²) in [5.74, 6) is 1.41. The fourth-order valence-corrected chi connectivity index (χ4v) is 4.24. The number of halogens is 2. The SMILES string of the molecule is Cc1cc(OCc2ccc(C(=O)Nc3cc(Oc4ccc(Cl)cc4C)cc([N+](=O)[O-])c3)o2)c(C(C)C)cc1Cl. The van der Waals surface area contributed by atoms with Crippen molar-refractivity contribution in [2.24, 2.45) is 0 Å². The van der Waals surface area contributed by atoms with Gasteiger partial charge in [0, 0.05) is 22.2 Å². The minimum absolute atomic E-state index is 0.0208. The van der Waals surface area contributed by atoms with Crippen molar-refractivity contribution in [1.82, 2.24) is 0 Å². The van der Waals surface area contributed by atoms with E-state index in [1.54, 1.807) is 31.2 Å². The molecule has 0 spiro atoms. The Morgan fingerprint density at radius 1 is 1.00 bits per heavy atom. The Balaban J connectivity index is 1.49. The highest BCUT2D eigenvalue weighted by molar-refractivity contribution is 6.31. The van der Waals surface area contributed by atoms with E-state index in [0.717, 1.165) is 16.7 Å². The number of benzene rings is 3. The van der Waals surface area contributed by atoms with Gasteiger partial charge in [-0.1, -0.05) is 37.0 Å². The number of amides is 1. The first-order valence-electron chi connectivity index (χ1n) is 12.1. The number of ether oxygens (including phenoxy) is 2. The zero-order valence-electron chi connectivity index (χ0n) is 21.7. The van der Waals surface area contributed by atoms with Crippen LogP contribution >= 0.6 is 23.2 Å². The molecule has 1 N–H and O–H groups in total. The standard InChI is InChI=1S/C29H26Cl2N2O6/c1-16(2)24-14-25(31)17(3)10-28(24)37-15-22-6-8-27(38-22)29(34)32-20-11-21(33(35)36)13-23(12-20)39-26-7-5-19(30)9-18(26)4/h5-14,16H,15H2,1-4H3,(H,32,34). The predicted octanol–water partition coefficient (Wildman–Crippen LogP) is 8.86. The molecule has 0 bridgehead atoms. The summed E-state index contributed by atoms with van der Waals surface area (Å²) in [5.41, 5.74) is 2.53. The first kappa shape index (κ1) is 28.0. The van der Waals surface area contributed by atoms with Crippen LogP contribution in [0.2, 0.25) is 10.0 Å². The van der Waals surface area contributed by atoms with Gasteiger partial charge in [0.05, 0.1) is 16.7 Å². The lowest BCUT2D eigenvalue weighted by Gasteiger charge is -2.15. The van der Waals surface area contributed by atoms with E-state index in [4.69, 9.17) is 37.1 Å². The lowest BCUT2D eigenvalue weighted by Crippen LogP contribution is -2.11. The third-order valence-corrected chi connectivity index (χ3v) is 6.54. The molecule has 8 nitrogen and oxygen atoms in total. The molecule has 1 aromatic heterocycles. The Hall–Kier alpha value is -4.01. The molecule has 0 aliphatic rings. The lowest BCUT2D eigenvalue weighted by atomic mass is 10.0. The minimum atomic E-state index is -0.583. The van der Waals surface area contributed by atoms with Gasteiger partial charge in [0.2, 0.25) is 0 Å². The molecule has 0 fully saturated rings. The molecule has 39 heavy (non-hydrogen) atoms. The Kier molecular flexibility index (Phi) is 8.47. The number of anilines is 1. The topological polar surface area (TPSA) is 104 Å². The molecule has 0 atom stereocenters. The number of carbonyl (C=O) groups is 1. The summed E-state index contributed by atoms with van der Waals surface area (Å²) in [5, 5.41) is 15.3. The third kappa shape index (κ3) is 6.90. The zero-order valence-corrected chi connectivity index (χ0v) is 23.2. The molecule has 4 rings (SSSR count). The van der Waals surface area contributed by atoms with E-state index in [-0.39, 0.29) is 35.4 Å². The van der Waals surface area contributed by atoms with Crippen molar-refractivity contribution in [2.75, 3.05) is 5.32 Å². The molecule has 0 aliphatic heterocycles. The number of nitro benzene ring substituents is 1. The molecule has 4 aromatic rings. The molecule has 10 heteroatoms. The Morgan fingerprint density at radius 2 is 1.77 bits per heavy atom. The van der Waals surface area contributed by atoms with Crippen LogP contribution in [0.3, 0.4) is 0 Å². The average Bonchev–Trinajstić information content (AvgIpc) is 3.35. The molecule has 202 valence electrons. The maximum atomic E-state index is 12.9. The van der Waals surface area contributed by atoms with Gasteiger partial charge in [0.25, 0.3) is 11.6 Å². The summed E-state index contributed by atoms with van der Waals surface area (Å²) in [7, 11) is 0. The van der Waals surface area contributed by atoms with E-state index in [0.29, 0.717) is 27.3 Å². The van der Waals surface area contributed by atoms with Crippen LogP contribution in [0, 0.1) is 24.0 Å². The van der Waals surface area contributed by atoms with Crippen LogP contribution in [0.15, 0.2) is 65.1 Å². The van der Waals surface area contributed by atoms with Crippen LogP contribution in [-0.2, 0) is 6.61 Å². The van der Waals surface area contributed by atoms with Gasteiger partial charge in [0.1, 0.15) is 29.6 Å². The second-order valence-corrected chi connectivity index (χ2v) is 10.1. The highest BCUT2D eigenvalue weighted by Crippen LogP contribution is 2.34. The van der Waals surface area contributed by atoms with E-state index in [9.17, 15) is 14.9 Å². The van der Waals surface area contributed by atoms with E-state index in [1.165, 1.54) is 24.3 Å². The van der Waals surface area contributed by atoms with Crippen molar-refractivity contribution in [1.29, 1.82) is 0 Å². The largest absolute Gasteiger partial charge is 0.485 e. The molecular formula is C29H26Cl2N2O6. The van der Waals surface area contributed by atoms with Crippen LogP contribution in [0.4, 0.5) is 11.4 Å². The molecule has 0 saturated heterocycles. The van der Waals surface area contributed by atoms with Crippen LogP contribution in [0.1, 0.15) is 52.8 Å². The Morgan fingerprint density at radius 3 is 2.46 bits per heavy atom. The van der Waals surface area contributed by atoms with Crippen molar-refractivity contribution in [3.05, 3.63) is 109 Å². The smallest absolute Gasteiger partial charge is 0.291 e. The number of furan rings is 1. The maximum Gasteiger partial charge on any atom is 0.291 e. The number of hydrogen-bond donors (Lipinski definition) is 1. The summed E-state index contributed by atoms with van der Waals surface area (Å²) >= 11 is 12.3.